The fraction of sp³-hybridized carbons (Fsp3) is 0.615. The Hall–Kier alpha value is -1.89. The fourth-order valence-electron chi connectivity index (χ4n) is 2.20. The van der Waals surface area contributed by atoms with Crippen molar-refractivity contribution >= 4 is 11.9 Å². The van der Waals surface area contributed by atoms with E-state index in [2.05, 4.69) is 15.7 Å². The molecule has 1 aromatic rings. The molecule has 7 nitrogen and oxygen atoms in total. The van der Waals surface area contributed by atoms with Crippen LogP contribution < -0.4 is 10.6 Å². The minimum atomic E-state index is -0.794. The molecule has 1 fully saturated rings. The number of nitrogens with zero attached hydrogens (tertiary/aromatic N) is 3. The number of rotatable bonds is 6. The van der Waals surface area contributed by atoms with Gasteiger partial charge in [-0.2, -0.15) is 5.10 Å². The summed E-state index contributed by atoms with van der Waals surface area (Å²) in [6, 6.07) is 1.77. The zero-order valence-electron chi connectivity index (χ0n) is 12.1. The monoisotopic (exact) mass is 279 g/mol. The van der Waals surface area contributed by atoms with Crippen molar-refractivity contribution in [2.75, 3.05) is 13.1 Å². The lowest BCUT2D eigenvalue weighted by molar-refractivity contribution is -0.130. The first-order valence-electron chi connectivity index (χ1n) is 6.75. The maximum atomic E-state index is 12.0. The Labute approximate surface area is 118 Å². The Bertz CT molecular complexity index is 483. The van der Waals surface area contributed by atoms with Crippen LogP contribution in [-0.4, -0.2) is 51.3 Å². The van der Waals surface area contributed by atoms with E-state index in [1.165, 1.54) is 4.90 Å². The van der Waals surface area contributed by atoms with Gasteiger partial charge >= 0.3 is 6.03 Å². The highest BCUT2D eigenvalue weighted by Gasteiger charge is 2.43. The second kappa shape index (κ2) is 5.62. The molecule has 0 aliphatic carbocycles. The fourth-order valence-corrected chi connectivity index (χ4v) is 2.20. The summed E-state index contributed by atoms with van der Waals surface area (Å²) in [7, 11) is 0. The van der Waals surface area contributed by atoms with Crippen LogP contribution in [0.5, 0.6) is 0 Å². The van der Waals surface area contributed by atoms with Crippen molar-refractivity contribution in [1.82, 2.24) is 25.3 Å². The normalized spacial score (nSPS) is 19.2. The van der Waals surface area contributed by atoms with Gasteiger partial charge in [0.15, 0.2) is 0 Å². The molecule has 7 heteroatoms. The molecular formula is C13H21N5O2. The molecule has 1 unspecified atom stereocenters. The molecular weight excluding hydrogens is 258 g/mol. The Morgan fingerprint density at radius 2 is 2.20 bits per heavy atom. The number of hydrogen-bond acceptors (Lipinski definition) is 4. The van der Waals surface area contributed by atoms with Gasteiger partial charge in [0, 0.05) is 31.5 Å². The molecule has 110 valence electrons. The second-order valence-electron chi connectivity index (χ2n) is 5.60. The molecule has 2 heterocycles. The maximum absolute atomic E-state index is 12.0. The van der Waals surface area contributed by atoms with E-state index in [1.54, 1.807) is 20.0 Å². The van der Waals surface area contributed by atoms with Gasteiger partial charge in [-0.1, -0.05) is 0 Å². The quantitative estimate of drug-likeness (QED) is 0.729. The molecule has 2 N–H and O–H groups in total. The number of aromatic nitrogens is 2. The second-order valence-corrected chi connectivity index (χ2v) is 5.60. The van der Waals surface area contributed by atoms with Crippen molar-refractivity contribution in [2.24, 2.45) is 0 Å². The predicted molar refractivity (Wildman–Crippen MR) is 74.0 cm³/mol. The first-order valence-corrected chi connectivity index (χ1v) is 6.75. The molecule has 1 atom stereocenters. The summed E-state index contributed by atoms with van der Waals surface area (Å²) >= 11 is 0. The molecule has 1 aliphatic heterocycles. The van der Waals surface area contributed by atoms with E-state index in [1.807, 2.05) is 23.9 Å². The van der Waals surface area contributed by atoms with E-state index in [9.17, 15) is 9.59 Å². The van der Waals surface area contributed by atoms with Crippen molar-refractivity contribution in [2.45, 2.75) is 38.9 Å². The maximum Gasteiger partial charge on any atom is 0.325 e. The molecule has 0 saturated carbocycles. The molecule has 0 spiro atoms. The molecule has 0 aromatic carbocycles. The molecule has 2 rings (SSSR count). The highest BCUT2D eigenvalue weighted by molar-refractivity contribution is 6.06. The van der Waals surface area contributed by atoms with Crippen LogP contribution >= 0.6 is 0 Å². The van der Waals surface area contributed by atoms with E-state index >= 15 is 0 Å². The molecule has 1 aromatic heterocycles. The zero-order valence-corrected chi connectivity index (χ0v) is 12.1. The van der Waals surface area contributed by atoms with Crippen molar-refractivity contribution < 1.29 is 9.59 Å². The van der Waals surface area contributed by atoms with E-state index in [0.29, 0.717) is 13.1 Å². The first kappa shape index (κ1) is 14.5. The molecule has 20 heavy (non-hydrogen) atoms. The summed E-state index contributed by atoms with van der Waals surface area (Å²) in [6.07, 6.45) is 3.64. The predicted octanol–water partition coefficient (Wildman–Crippen LogP) is 0.192. The molecule has 1 aliphatic rings. The van der Waals surface area contributed by atoms with Gasteiger partial charge in [-0.25, -0.2) is 4.79 Å². The average molecular weight is 279 g/mol. The Balaban J connectivity index is 1.76. The van der Waals surface area contributed by atoms with Crippen LogP contribution in [0.3, 0.4) is 0 Å². The van der Waals surface area contributed by atoms with Crippen LogP contribution in [0, 0.1) is 0 Å². The van der Waals surface area contributed by atoms with E-state index in [4.69, 9.17) is 0 Å². The van der Waals surface area contributed by atoms with E-state index < -0.39 is 5.54 Å². The van der Waals surface area contributed by atoms with Crippen molar-refractivity contribution in [3.63, 3.8) is 0 Å². The zero-order chi connectivity index (χ0) is 14.8. The summed E-state index contributed by atoms with van der Waals surface area (Å²) in [6.45, 7) is 7.15. The lowest BCUT2D eigenvalue weighted by atomic mass is 10.1. The topological polar surface area (TPSA) is 79.3 Å². The highest BCUT2D eigenvalue weighted by Crippen LogP contribution is 2.15. The molecule has 0 bridgehead atoms. The van der Waals surface area contributed by atoms with Crippen molar-refractivity contribution in [3.05, 3.63) is 18.5 Å². The van der Waals surface area contributed by atoms with Crippen LogP contribution in [0.4, 0.5) is 4.79 Å². The minimum Gasteiger partial charge on any atom is -0.324 e. The van der Waals surface area contributed by atoms with Crippen LogP contribution in [0.15, 0.2) is 18.5 Å². The van der Waals surface area contributed by atoms with Gasteiger partial charge in [-0.05, 0) is 26.8 Å². The van der Waals surface area contributed by atoms with Gasteiger partial charge < -0.3 is 10.6 Å². The van der Waals surface area contributed by atoms with Gasteiger partial charge in [0.05, 0.1) is 6.54 Å². The third kappa shape index (κ3) is 3.16. The summed E-state index contributed by atoms with van der Waals surface area (Å²) < 4.78 is 1.84. The molecule has 3 amide bonds. The Kier molecular flexibility index (Phi) is 4.08. The number of urea groups is 1. The Morgan fingerprint density at radius 3 is 2.75 bits per heavy atom. The number of imide groups is 1. The standard InChI is InChI=1S/C13H21N5O2/c1-10(9-17-7-4-5-15-17)14-6-8-18-11(19)13(2,3)16-12(18)20/h4-5,7,10,14H,6,8-9H2,1-3H3,(H,16,20). The molecule has 0 radical (unpaired) electrons. The van der Waals surface area contributed by atoms with Gasteiger partial charge in [0.25, 0.3) is 5.91 Å². The van der Waals surface area contributed by atoms with Crippen LogP contribution in [-0.2, 0) is 11.3 Å². The van der Waals surface area contributed by atoms with Crippen LogP contribution in [0.1, 0.15) is 20.8 Å². The van der Waals surface area contributed by atoms with Crippen LogP contribution in [0.25, 0.3) is 0 Å². The first-order chi connectivity index (χ1) is 9.40. The highest BCUT2D eigenvalue weighted by atomic mass is 16.2. The lowest BCUT2D eigenvalue weighted by Gasteiger charge is -2.18. The lowest BCUT2D eigenvalue weighted by Crippen LogP contribution is -2.42. The number of carbonyl (C=O) groups excluding carboxylic acids is 2. The van der Waals surface area contributed by atoms with Gasteiger partial charge in [0.1, 0.15) is 5.54 Å². The summed E-state index contributed by atoms with van der Waals surface area (Å²) in [5.74, 6) is -0.177. The van der Waals surface area contributed by atoms with Crippen molar-refractivity contribution in [3.8, 4) is 0 Å². The third-order valence-corrected chi connectivity index (χ3v) is 3.29. The number of amides is 3. The van der Waals surface area contributed by atoms with E-state index in [0.717, 1.165) is 6.54 Å². The SMILES string of the molecule is CC(Cn1cccn1)NCCN1C(=O)NC(C)(C)C1=O. The summed E-state index contributed by atoms with van der Waals surface area (Å²) in [4.78, 5) is 24.9. The number of carbonyl (C=O) groups is 2. The number of nitrogens with one attached hydrogen (secondary N) is 2. The van der Waals surface area contributed by atoms with Gasteiger partial charge in [-0.15, -0.1) is 0 Å². The van der Waals surface area contributed by atoms with Gasteiger partial charge in [-0.3, -0.25) is 14.4 Å². The van der Waals surface area contributed by atoms with Gasteiger partial charge in [0.2, 0.25) is 0 Å². The molecule has 1 saturated heterocycles. The largest absolute Gasteiger partial charge is 0.325 e. The summed E-state index contributed by atoms with van der Waals surface area (Å²) in [5, 5.41) is 10.1. The smallest absolute Gasteiger partial charge is 0.324 e. The minimum absolute atomic E-state index is 0.177. The summed E-state index contributed by atoms with van der Waals surface area (Å²) in [5.41, 5.74) is -0.794. The average Bonchev–Trinajstić information content (AvgIpc) is 2.91. The Morgan fingerprint density at radius 1 is 1.45 bits per heavy atom. The van der Waals surface area contributed by atoms with E-state index in [-0.39, 0.29) is 18.0 Å². The van der Waals surface area contributed by atoms with Crippen molar-refractivity contribution in [1.29, 1.82) is 0 Å². The van der Waals surface area contributed by atoms with Crippen LogP contribution in [0.2, 0.25) is 0 Å². The number of hydrogen-bond donors (Lipinski definition) is 2. The third-order valence-electron chi connectivity index (χ3n) is 3.29.